The molecule has 1 unspecified atom stereocenters. The lowest BCUT2D eigenvalue weighted by molar-refractivity contribution is -0.143. The molecule has 114 valence electrons. The minimum Gasteiger partial charge on any atom is -0.481 e. The molecule has 5 heteroatoms. The van der Waals surface area contributed by atoms with Crippen LogP contribution in [0.5, 0.6) is 0 Å². The first kappa shape index (κ1) is 16.9. The number of Topliss-reactive ketones (excluding diaryl/α,β-unsaturated/α-hetero) is 1. The fraction of sp³-hybridized carbons (Fsp3) is 0.438. The Morgan fingerprint density at radius 2 is 1.71 bits per heavy atom. The number of ketones is 1. The van der Waals surface area contributed by atoms with Crippen molar-refractivity contribution < 1.29 is 24.2 Å². The maximum absolute atomic E-state index is 12.4. The molecule has 1 aromatic rings. The molecule has 0 spiro atoms. The summed E-state index contributed by atoms with van der Waals surface area (Å²) in [5.41, 5.74) is 0.539. The van der Waals surface area contributed by atoms with E-state index in [1.807, 2.05) is 6.07 Å². The average Bonchev–Trinajstić information content (AvgIpc) is 2.47. The number of esters is 1. The summed E-state index contributed by atoms with van der Waals surface area (Å²) in [5, 5.41) is 8.77. The van der Waals surface area contributed by atoms with Gasteiger partial charge in [0.1, 0.15) is 0 Å². The Balaban J connectivity index is 2.69. The SMILES string of the molecule is CCOC(=O)CCC(CCC(=O)O)C(=O)c1ccccc1. The molecule has 0 heterocycles. The predicted molar refractivity (Wildman–Crippen MR) is 77.0 cm³/mol. The van der Waals surface area contributed by atoms with E-state index in [-0.39, 0.29) is 31.0 Å². The second-order valence-corrected chi connectivity index (χ2v) is 4.70. The van der Waals surface area contributed by atoms with Crippen LogP contribution >= 0.6 is 0 Å². The molecule has 0 saturated heterocycles. The quantitative estimate of drug-likeness (QED) is 0.559. The minimum absolute atomic E-state index is 0.0912. The number of carbonyl (C=O) groups excluding carboxylic acids is 2. The zero-order chi connectivity index (χ0) is 15.7. The number of carbonyl (C=O) groups is 3. The van der Waals surface area contributed by atoms with Crippen molar-refractivity contribution in [2.24, 2.45) is 5.92 Å². The van der Waals surface area contributed by atoms with Crippen molar-refractivity contribution in [2.45, 2.75) is 32.6 Å². The van der Waals surface area contributed by atoms with E-state index in [1.54, 1.807) is 31.2 Å². The van der Waals surface area contributed by atoms with E-state index >= 15 is 0 Å². The van der Waals surface area contributed by atoms with E-state index < -0.39 is 11.9 Å². The molecule has 1 atom stereocenters. The molecule has 0 aromatic heterocycles. The summed E-state index contributed by atoms with van der Waals surface area (Å²) in [6, 6.07) is 8.71. The van der Waals surface area contributed by atoms with E-state index in [9.17, 15) is 14.4 Å². The topological polar surface area (TPSA) is 80.7 Å². The summed E-state index contributed by atoms with van der Waals surface area (Å²) in [6.45, 7) is 2.01. The van der Waals surface area contributed by atoms with Gasteiger partial charge in [-0.3, -0.25) is 14.4 Å². The van der Waals surface area contributed by atoms with Gasteiger partial charge >= 0.3 is 11.9 Å². The molecule has 0 radical (unpaired) electrons. The highest BCUT2D eigenvalue weighted by Gasteiger charge is 2.22. The fourth-order valence-corrected chi connectivity index (χ4v) is 2.07. The summed E-state index contributed by atoms with van der Waals surface area (Å²) >= 11 is 0. The van der Waals surface area contributed by atoms with E-state index in [0.717, 1.165) is 0 Å². The molecule has 5 nitrogen and oxygen atoms in total. The van der Waals surface area contributed by atoms with E-state index in [1.165, 1.54) is 0 Å². The van der Waals surface area contributed by atoms with Crippen LogP contribution in [-0.2, 0) is 14.3 Å². The molecular formula is C16H20O5. The molecule has 0 bridgehead atoms. The Morgan fingerprint density at radius 1 is 1.10 bits per heavy atom. The number of carboxylic acids is 1. The Morgan fingerprint density at radius 3 is 2.29 bits per heavy atom. The second kappa shape index (κ2) is 8.89. The van der Waals surface area contributed by atoms with Crippen molar-refractivity contribution in [3.63, 3.8) is 0 Å². The van der Waals surface area contributed by atoms with Gasteiger partial charge in [-0.25, -0.2) is 0 Å². The molecule has 1 N–H and O–H groups in total. The highest BCUT2D eigenvalue weighted by Crippen LogP contribution is 2.20. The number of rotatable bonds is 9. The maximum Gasteiger partial charge on any atom is 0.305 e. The van der Waals surface area contributed by atoms with Crippen LogP contribution in [0.4, 0.5) is 0 Å². The minimum atomic E-state index is -0.947. The van der Waals surface area contributed by atoms with Gasteiger partial charge in [-0.1, -0.05) is 30.3 Å². The van der Waals surface area contributed by atoms with E-state index in [4.69, 9.17) is 9.84 Å². The smallest absolute Gasteiger partial charge is 0.305 e. The number of hydrogen-bond acceptors (Lipinski definition) is 4. The largest absolute Gasteiger partial charge is 0.481 e. The summed E-state index contributed by atoms with van der Waals surface area (Å²) in [7, 11) is 0. The molecule has 0 aliphatic carbocycles. The fourth-order valence-electron chi connectivity index (χ4n) is 2.07. The Bertz CT molecular complexity index is 481. The van der Waals surface area contributed by atoms with Crippen molar-refractivity contribution in [2.75, 3.05) is 6.61 Å². The zero-order valence-corrected chi connectivity index (χ0v) is 12.1. The third-order valence-electron chi connectivity index (χ3n) is 3.14. The standard InChI is InChI=1S/C16H20O5/c1-2-21-15(19)11-9-13(8-10-14(17)18)16(20)12-6-4-3-5-7-12/h3-7,13H,2,8-11H2,1H3,(H,17,18). The predicted octanol–water partition coefficient (Wildman–Crippen LogP) is 2.69. The molecule has 21 heavy (non-hydrogen) atoms. The molecule has 1 rings (SSSR count). The first-order valence-electron chi connectivity index (χ1n) is 7.01. The average molecular weight is 292 g/mol. The van der Waals surface area contributed by atoms with Crippen molar-refractivity contribution in [1.29, 1.82) is 0 Å². The first-order valence-corrected chi connectivity index (χ1v) is 7.01. The Kier molecular flexibility index (Phi) is 7.15. The number of benzene rings is 1. The Hall–Kier alpha value is -2.17. The van der Waals surface area contributed by atoms with Crippen LogP contribution in [0.15, 0.2) is 30.3 Å². The molecular weight excluding hydrogens is 272 g/mol. The molecule has 0 fully saturated rings. The number of hydrogen-bond donors (Lipinski definition) is 1. The normalized spacial score (nSPS) is 11.7. The number of ether oxygens (including phenoxy) is 1. The van der Waals surface area contributed by atoms with Crippen LogP contribution < -0.4 is 0 Å². The van der Waals surface area contributed by atoms with Gasteiger partial charge in [0.25, 0.3) is 0 Å². The van der Waals surface area contributed by atoms with Gasteiger partial charge in [0.15, 0.2) is 5.78 Å². The van der Waals surface area contributed by atoms with Gasteiger partial charge in [-0.15, -0.1) is 0 Å². The van der Waals surface area contributed by atoms with Crippen LogP contribution in [0, 0.1) is 5.92 Å². The number of carboxylic acid groups (broad SMARTS) is 1. The van der Waals surface area contributed by atoms with Gasteiger partial charge < -0.3 is 9.84 Å². The molecule has 0 amide bonds. The van der Waals surface area contributed by atoms with Crippen molar-refractivity contribution in [3.05, 3.63) is 35.9 Å². The van der Waals surface area contributed by atoms with Crippen molar-refractivity contribution in [3.8, 4) is 0 Å². The summed E-state index contributed by atoms with van der Waals surface area (Å²) in [5.74, 6) is -1.91. The summed E-state index contributed by atoms with van der Waals surface area (Å²) in [4.78, 5) is 34.5. The van der Waals surface area contributed by atoms with Crippen molar-refractivity contribution >= 4 is 17.7 Å². The molecule has 0 aliphatic rings. The highest BCUT2D eigenvalue weighted by molar-refractivity contribution is 5.98. The van der Waals surface area contributed by atoms with Crippen LogP contribution in [-0.4, -0.2) is 29.4 Å². The van der Waals surface area contributed by atoms with Crippen LogP contribution in [0.3, 0.4) is 0 Å². The zero-order valence-electron chi connectivity index (χ0n) is 12.1. The lowest BCUT2D eigenvalue weighted by Crippen LogP contribution is -2.18. The first-order chi connectivity index (χ1) is 10.0. The lowest BCUT2D eigenvalue weighted by Gasteiger charge is -2.14. The Labute approximate surface area is 123 Å². The molecule has 0 saturated carbocycles. The summed E-state index contributed by atoms with van der Waals surface area (Å²) < 4.78 is 4.84. The van der Waals surface area contributed by atoms with E-state index in [0.29, 0.717) is 18.6 Å². The van der Waals surface area contributed by atoms with Gasteiger partial charge in [-0.05, 0) is 19.8 Å². The van der Waals surface area contributed by atoms with Gasteiger partial charge in [0.2, 0.25) is 0 Å². The summed E-state index contributed by atoms with van der Waals surface area (Å²) in [6.07, 6.45) is 0.561. The van der Waals surface area contributed by atoms with Crippen molar-refractivity contribution in [1.82, 2.24) is 0 Å². The highest BCUT2D eigenvalue weighted by atomic mass is 16.5. The molecule has 1 aromatic carbocycles. The maximum atomic E-state index is 12.4. The van der Waals surface area contributed by atoms with Crippen LogP contribution in [0.1, 0.15) is 43.0 Å². The van der Waals surface area contributed by atoms with Gasteiger partial charge in [-0.2, -0.15) is 0 Å². The molecule has 0 aliphatic heterocycles. The number of aliphatic carboxylic acids is 1. The van der Waals surface area contributed by atoms with E-state index in [2.05, 4.69) is 0 Å². The second-order valence-electron chi connectivity index (χ2n) is 4.70. The third kappa shape index (κ3) is 6.21. The third-order valence-corrected chi connectivity index (χ3v) is 3.14. The lowest BCUT2D eigenvalue weighted by atomic mass is 9.89. The van der Waals surface area contributed by atoms with Crippen LogP contribution in [0.2, 0.25) is 0 Å². The van der Waals surface area contributed by atoms with Gasteiger partial charge in [0, 0.05) is 24.3 Å². The van der Waals surface area contributed by atoms with Gasteiger partial charge in [0.05, 0.1) is 6.61 Å². The monoisotopic (exact) mass is 292 g/mol. The van der Waals surface area contributed by atoms with Crippen LogP contribution in [0.25, 0.3) is 0 Å².